The summed E-state index contributed by atoms with van der Waals surface area (Å²) in [4.78, 5) is 1.19. The van der Waals surface area contributed by atoms with Crippen LogP contribution in [0.4, 0.5) is 0 Å². The number of ether oxygens (including phenoxy) is 1. The summed E-state index contributed by atoms with van der Waals surface area (Å²) >= 11 is 5.16. The second-order valence-electron chi connectivity index (χ2n) is 4.63. The lowest BCUT2D eigenvalue weighted by molar-refractivity contribution is 0.0861. The minimum Gasteiger partial charge on any atom is -0.392 e. The van der Waals surface area contributed by atoms with Crippen molar-refractivity contribution in [2.75, 3.05) is 12.4 Å². The first-order valence-electron chi connectivity index (χ1n) is 6.42. The molecule has 0 bridgehead atoms. The van der Waals surface area contributed by atoms with E-state index >= 15 is 0 Å². The van der Waals surface area contributed by atoms with Crippen molar-refractivity contribution in [3.63, 3.8) is 0 Å². The second kappa shape index (κ2) is 7.53. The molecule has 4 heteroatoms. The Hall–Kier alpha value is -0.0300. The number of hydrogen-bond acceptors (Lipinski definition) is 3. The summed E-state index contributed by atoms with van der Waals surface area (Å²) in [5.74, 6) is 0.753. The molecular weight excluding hydrogens is 312 g/mol. The fraction of sp³-hybridized carbons (Fsp3) is 0.571. The molecule has 1 saturated heterocycles. The van der Waals surface area contributed by atoms with Crippen LogP contribution in [0, 0.1) is 0 Å². The summed E-state index contributed by atoms with van der Waals surface area (Å²) in [7, 11) is 0. The molecule has 2 nitrogen and oxygen atoms in total. The number of halogens is 1. The summed E-state index contributed by atoms with van der Waals surface area (Å²) < 4.78 is 6.64. The zero-order valence-electron chi connectivity index (χ0n) is 10.3. The van der Waals surface area contributed by atoms with E-state index in [1.54, 1.807) is 11.8 Å². The van der Waals surface area contributed by atoms with E-state index in [0.29, 0.717) is 6.10 Å². The van der Waals surface area contributed by atoms with E-state index in [1.807, 2.05) is 12.1 Å². The molecule has 1 aromatic carbocycles. The summed E-state index contributed by atoms with van der Waals surface area (Å²) in [5.41, 5.74) is 0. The van der Waals surface area contributed by atoms with E-state index in [-0.39, 0.29) is 6.10 Å². The Morgan fingerprint density at radius 2 is 2.39 bits per heavy atom. The lowest BCUT2D eigenvalue weighted by Gasteiger charge is -2.13. The largest absolute Gasteiger partial charge is 0.392 e. The summed E-state index contributed by atoms with van der Waals surface area (Å²) in [6, 6.07) is 8.18. The maximum Gasteiger partial charge on any atom is 0.0635 e. The second-order valence-corrected chi connectivity index (χ2v) is 6.64. The number of hydrogen-bond donors (Lipinski definition) is 1. The zero-order valence-corrected chi connectivity index (χ0v) is 12.8. The summed E-state index contributed by atoms with van der Waals surface area (Å²) in [6.07, 6.45) is 4.30. The van der Waals surface area contributed by atoms with Crippen LogP contribution in [0.5, 0.6) is 0 Å². The highest BCUT2D eigenvalue weighted by atomic mass is 79.9. The Labute approximate surface area is 121 Å². The van der Waals surface area contributed by atoms with Crippen LogP contribution >= 0.6 is 27.7 Å². The Kier molecular flexibility index (Phi) is 6.02. The molecule has 0 saturated carbocycles. The van der Waals surface area contributed by atoms with Crippen LogP contribution in [0.3, 0.4) is 0 Å². The smallest absolute Gasteiger partial charge is 0.0635 e. The van der Waals surface area contributed by atoms with Gasteiger partial charge >= 0.3 is 0 Å². The van der Waals surface area contributed by atoms with Gasteiger partial charge in [0.1, 0.15) is 0 Å². The van der Waals surface area contributed by atoms with Gasteiger partial charge in [-0.15, -0.1) is 11.8 Å². The molecule has 2 rings (SSSR count). The molecule has 0 radical (unpaired) electrons. The normalized spacial score (nSPS) is 21.1. The Morgan fingerprint density at radius 3 is 3.11 bits per heavy atom. The lowest BCUT2D eigenvalue weighted by Crippen LogP contribution is -2.14. The van der Waals surface area contributed by atoms with Crippen molar-refractivity contribution >= 4 is 27.7 Å². The van der Waals surface area contributed by atoms with Crippen molar-refractivity contribution in [2.24, 2.45) is 0 Å². The molecule has 0 aromatic heterocycles. The molecule has 2 atom stereocenters. The number of thioether (sulfide) groups is 1. The Balaban J connectivity index is 1.66. The standard InChI is InChI=1S/C14H19BrO2S/c15-11-3-1-5-14(9-11)18-10-12(16)6-7-13-4-2-8-17-13/h1,3,5,9,12-13,16H,2,4,6-8,10H2. The maximum atomic E-state index is 9.95. The van der Waals surface area contributed by atoms with Crippen molar-refractivity contribution in [1.82, 2.24) is 0 Å². The Morgan fingerprint density at radius 1 is 1.50 bits per heavy atom. The lowest BCUT2D eigenvalue weighted by atomic mass is 10.1. The minimum absolute atomic E-state index is 0.238. The van der Waals surface area contributed by atoms with E-state index in [9.17, 15) is 5.11 Å². The molecule has 1 aromatic rings. The highest BCUT2D eigenvalue weighted by molar-refractivity contribution is 9.10. The molecule has 100 valence electrons. The van der Waals surface area contributed by atoms with E-state index < -0.39 is 0 Å². The average Bonchev–Trinajstić information content (AvgIpc) is 2.87. The zero-order chi connectivity index (χ0) is 12.8. The van der Waals surface area contributed by atoms with Crippen LogP contribution in [0.15, 0.2) is 33.6 Å². The van der Waals surface area contributed by atoms with E-state index in [1.165, 1.54) is 11.3 Å². The van der Waals surface area contributed by atoms with Crippen molar-refractivity contribution < 1.29 is 9.84 Å². The van der Waals surface area contributed by atoms with Gasteiger partial charge in [0, 0.05) is 21.7 Å². The highest BCUT2D eigenvalue weighted by Crippen LogP contribution is 2.24. The molecular formula is C14H19BrO2S. The molecule has 0 aliphatic carbocycles. The van der Waals surface area contributed by atoms with Crippen molar-refractivity contribution in [1.29, 1.82) is 0 Å². The molecule has 2 unspecified atom stereocenters. The van der Waals surface area contributed by atoms with Gasteiger partial charge in [-0.05, 0) is 43.9 Å². The first-order valence-corrected chi connectivity index (χ1v) is 8.20. The van der Waals surface area contributed by atoms with Gasteiger partial charge in [0.05, 0.1) is 12.2 Å². The Bertz CT molecular complexity index is 367. The van der Waals surface area contributed by atoms with Gasteiger partial charge in [-0.2, -0.15) is 0 Å². The van der Waals surface area contributed by atoms with Crippen LogP contribution in [0.2, 0.25) is 0 Å². The van der Waals surface area contributed by atoms with Crippen molar-refractivity contribution in [2.45, 2.75) is 42.8 Å². The molecule has 0 amide bonds. The first-order chi connectivity index (χ1) is 8.74. The van der Waals surface area contributed by atoms with E-state index in [4.69, 9.17) is 4.74 Å². The van der Waals surface area contributed by atoms with Gasteiger partial charge in [0.25, 0.3) is 0 Å². The van der Waals surface area contributed by atoms with Gasteiger partial charge in [0.2, 0.25) is 0 Å². The first kappa shape index (κ1) is 14.4. The SMILES string of the molecule is OC(CCC1CCCO1)CSc1cccc(Br)c1. The van der Waals surface area contributed by atoms with Crippen LogP contribution in [-0.2, 0) is 4.74 Å². The fourth-order valence-electron chi connectivity index (χ4n) is 2.08. The quantitative estimate of drug-likeness (QED) is 0.803. The third-order valence-electron chi connectivity index (χ3n) is 3.08. The molecule has 0 spiro atoms. The molecule has 1 fully saturated rings. The number of aliphatic hydroxyl groups excluding tert-OH is 1. The summed E-state index contributed by atoms with van der Waals surface area (Å²) in [5, 5.41) is 9.95. The monoisotopic (exact) mass is 330 g/mol. The number of rotatable bonds is 6. The summed E-state index contributed by atoms with van der Waals surface area (Å²) in [6.45, 7) is 0.896. The molecule has 1 aliphatic rings. The van der Waals surface area contributed by atoms with Crippen LogP contribution in [0.1, 0.15) is 25.7 Å². The van der Waals surface area contributed by atoms with Crippen molar-refractivity contribution in [3.8, 4) is 0 Å². The molecule has 18 heavy (non-hydrogen) atoms. The van der Waals surface area contributed by atoms with Crippen LogP contribution in [-0.4, -0.2) is 29.7 Å². The third-order valence-corrected chi connectivity index (χ3v) is 4.72. The third kappa shape index (κ3) is 4.92. The van der Waals surface area contributed by atoms with E-state index in [0.717, 1.165) is 36.1 Å². The average molecular weight is 331 g/mol. The predicted molar refractivity (Wildman–Crippen MR) is 79.1 cm³/mol. The number of benzene rings is 1. The van der Waals surface area contributed by atoms with Gasteiger partial charge in [-0.1, -0.05) is 22.0 Å². The number of aliphatic hydroxyl groups is 1. The minimum atomic E-state index is -0.238. The van der Waals surface area contributed by atoms with Gasteiger partial charge in [0.15, 0.2) is 0 Å². The van der Waals surface area contributed by atoms with Gasteiger partial charge in [-0.25, -0.2) is 0 Å². The van der Waals surface area contributed by atoms with Gasteiger partial charge in [-0.3, -0.25) is 0 Å². The van der Waals surface area contributed by atoms with Gasteiger partial charge < -0.3 is 9.84 Å². The topological polar surface area (TPSA) is 29.5 Å². The molecule has 1 aliphatic heterocycles. The fourth-order valence-corrected chi connectivity index (χ4v) is 3.57. The van der Waals surface area contributed by atoms with Crippen LogP contribution in [0.25, 0.3) is 0 Å². The molecule has 1 heterocycles. The van der Waals surface area contributed by atoms with Crippen molar-refractivity contribution in [3.05, 3.63) is 28.7 Å². The van der Waals surface area contributed by atoms with E-state index in [2.05, 4.69) is 28.1 Å². The maximum absolute atomic E-state index is 9.95. The molecule has 1 N–H and O–H groups in total. The highest BCUT2D eigenvalue weighted by Gasteiger charge is 2.16. The predicted octanol–water partition coefficient (Wildman–Crippen LogP) is 3.86. The van der Waals surface area contributed by atoms with Crippen LogP contribution < -0.4 is 0 Å².